The summed E-state index contributed by atoms with van der Waals surface area (Å²) in [6.07, 6.45) is 8.53. The van der Waals surface area contributed by atoms with Crippen LogP contribution in [0.2, 0.25) is 0 Å². The van der Waals surface area contributed by atoms with Crippen LogP contribution in [0.5, 0.6) is 0 Å². The molecule has 0 atom stereocenters. The highest BCUT2D eigenvalue weighted by Gasteiger charge is 2.19. The second-order valence-corrected chi connectivity index (χ2v) is 13.2. The third kappa shape index (κ3) is 4.56. The Balaban J connectivity index is 1.49. The van der Waals surface area contributed by atoms with Crippen molar-refractivity contribution in [2.75, 3.05) is 0 Å². The molecule has 0 saturated heterocycles. The Morgan fingerprint density at radius 1 is 0.378 bits per heavy atom. The van der Waals surface area contributed by atoms with Crippen molar-refractivity contribution in [2.24, 2.45) is 0 Å². The van der Waals surface area contributed by atoms with Crippen LogP contribution in [0.25, 0.3) is 90.9 Å². The van der Waals surface area contributed by atoms with Crippen molar-refractivity contribution < 1.29 is 0 Å². The Labute approximate surface area is 271 Å². The van der Waals surface area contributed by atoms with Crippen molar-refractivity contribution in [1.29, 1.82) is 0 Å². The van der Waals surface area contributed by atoms with Crippen molar-refractivity contribution in [3.05, 3.63) is 128 Å². The average Bonchev–Trinajstić information content (AvgIpc) is 3.92. The van der Waals surface area contributed by atoms with Gasteiger partial charge in [-0.2, -0.15) is 34.0 Å². The van der Waals surface area contributed by atoms with Gasteiger partial charge in [-0.1, -0.05) is 30.3 Å². The molecule has 0 aliphatic carbocycles. The van der Waals surface area contributed by atoms with Gasteiger partial charge in [-0.15, -0.1) is 0 Å². The summed E-state index contributed by atoms with van der Waals surface area (Å²) in [6, 6.07) is 25.7. The summed E-state index contributed by atoms with van der Waals surface area (Å²) in [5.41, 5.74) is 16.6. The third-order valence-electron chi connectivity index (χ3n) is 8.25. The molecule has 4 nitrogen and oxygen atoms in total. The topological polar surface area (TPSA) is 57.4 Å². The van der Waals surface area contributed by atoms with Crippen molar-refractivity contribution >= 4 is 80.4 Å². The second kappa shape index (κ2) is 10.8. The fourth-order valence-electron chi connectivity index (χ4n) is 6.25. The number of H-pyrrole nitrogens is 2. The van der Waals surface area contributed by atoms with E-state index in [4.69, 9.17) is 9.97 Å². The number of aromatic amines is 2. The van der Waals surface area contributed by atoms with E-state index in [9.17, 15) is 0 Å². The van der Waals surface area contributed by atoms with Crippen molar-refractivity contribution in [2.45, 2.75) is 0 Å². The highest BCUT2D eigenvalue weighted by molar-refractivity contribution is 7.08. The van der Waals surface area contributed by atoms with Crippen LogP contribution in [-0.4, -0.2) is 19.9 Å². The molecule has 214 valence electrons. The fourth-order valence-corrected chi connectivity index (χ4v) is 8.19. The molecule has 2 N–H and O–H groups in total. The SMILES string of the molecule is C1=Cc2nc1c(-c1ccccc1)c1nc(c(-c3ccsc3)c3ccc([nH]3)c(-c3ccsc3)c3ccc([nH]3)c2-c2ccsc2)C=C1. The van der Waals surface area contributed by atoms with Crippen LogP contribution in [0.3, 0.4) is 0 Å². The monoisotopic (exact) mass is 632 g/mol. The molecule has 0 saturated carbocycles. The second-order valence-electron chi connectivity index (χ2n) is 10.9. The summed E-state index contributed by atoms with van der Waals surface area (Å²) in [6.45, 7) is 0. The van der Waals surface area contributed by atoms with Crippen LogP contribution in [0, 0.1) is 0 Å². The van der Waals surface area contributed by atoms with Gasteiger partial charge in [0.05, 0.1) is 22.8 Å². The van der Waals surface area contributed by atoms with Crippen molar-refractivity contribution in [3.63, 3.8) is 0 Å². The van der Waals surface area contributed by atoms with E-state index in [1.807, 2.05) is 6.07 Å². The van der Waals surface area contributed by atoms with Gasteiger partial charge in [0.15, 0.2) is 0 Å². The van der Waals surface area contributed by atoms with E-state index in [1.165, 1.54) is 5.56 Å². The Bertz CT molecular complexity index is 2270. The van der Waals surface area contributed by atoms with E-state index in [0.717, 1.165) is 83.8 Å². The van der Waals surface area contributed by atoms with Gasteiger partial charge in [0.1, 0.15) is 0 Å². The summed E-state index contributed by atoms with van der Waals surface area (Å²) >= 11 is 5.09. The molecule has 1 aromatic carbocycles. The van der Waals surface area contributed by atoms with Crippen LogP contribution < -0.4 is 0 Å². The quantitative estimate of drug-likeness (QED) is 0.203. The van der Waals surface area contributed by atoms with Gasteiger partial charge < -0.3 is 9.97 Å². The average molecular weight is 633 g/mol. The van der Waals surface area contributed by atoms with E-state index in [2.05, 4.69) is 133 Å². The highest BCUT2D eigenvalue weighted by atomic mass is 32.1. The predicted octanol–water partition coefficient (Wildman–Crippen LogP) is 11.5. The Kier molecular flexibility index (Phi) is 6.33. The number of rotatable bonds is 4. The lowest BCUT2D eigenvalue weighted by Crippen LogP contribution is -1.90. The molecular weight excluding hydrogens is 609 g/mol. The molecule has 2 aliphatic heterocycles. The van der Waals surface area contributed by atoms with E-state index >= 15 is 0 Å². The van der Waals surface area contributed by atoms with E-state index in [1.54, 1.807) is 34.0 Å². The maximum absolute atomic E-state index is 5.31. The first-order valence-corrected chi connectivity index (χ1v) is 17.4. The molecule has 0 fully saturated rings. The number of nitrogens with zero attached hydrogens (tertiary/aromatic N) is 2. The lowest BCUT2D eigenvalue weighted by Gasteiger charge is -2.05. The minimum Gasteiger partial charge on any atom is -0.354 e. The summed E-state index contributed by atoms with van der Waals surface area (Å²) in [7, 11) is 0. The van der Waals surface area contributed by atoms with Gasteiger partial charge in [-0.3, -0.25) is 0 Å². The molecule has 0 amide bonds. The van der Waals surface area contributed by atoms with Gasteiger partial charge in [-0.25, -0.2) is 9.97 Å². The molecule has 0 spiro atoms. The zero-order valence-corrected chi connectivity index (χ0v) is 26.3. The highest BCUT2D eigenvalue weighted by Crippen LogP contribution is 2.39. The molecule has 9 rings (SSSR count). The van der Waals surface area contributed by atoms with Gasteiger partial charge in [0.2, 0.25) is 0 Å². The summed E-state index contributed by atoms with van der Waals surface area (Å²) in [4.78, 5) is 18.2. The van der Waals surface area contributed by atoms with Crippen LogP contribution >= 0.6 is 34.0 Å². The number of hydrogen-bond donors (Lipinski definition) is 2. The molecule has 7 aromatic rings. The largest absolute Gasteiger partial charge is 0.354 e. The van der Waals surface area contributed by atoms with Gasteiger partial charge in [0, 0.05) is 44.3 Å². The Hall–Kier alpha value is -5.08. The molecule has 45 heavy (non-hydrogen) atoms. The minimum atomic E-state index is 0.900. The van der Waals surface area contributed by atoms with E-state index in [-0.39, 0.29) is 0 Å². The summed E-state index contributed by atoms with van der Waals surface area (Å²) in [5, 5.41) is 13.0. The molecular formula is C38H24N4S3. The molecule has 8 heterocycles. The predicted molar refractivity (Wildman–Crippen MR) is 194 cm³/mol. The molecule has 2 aliphatic rings. The lowest BCUT2D eigenvalue weighted by molar-refractivity contribution is 1.28. The van der Waals surface area contributed by atoms with Crippen molar-refractivity contribution in [1.82, 2.24) is 19.9 Å². The van der Waals surface area contributed by atoms with Gasteiger partial charge in [0.25, 0.3) is 0 Å². The summed E-state index contributed by atoms with van der Waals surface area (Å²) in [5.74, 6) is 0. The number of nitrogens with one attached hydrogen (secondary N) is 2. The van der Waals surface area contributed by atoms with Crippen LogP contribution in [-0.2, 0) is 0 Å². The van der Waals surface area contributed by atoms with Crippen LogP contribution in [0.1, 0.15) is 22.8 Å². The smallest absolute Gasteiger partial charge is 0.0738 e. The fraction of sp³-hybridized carbons (Fsp3) is 0. The zero-order chi connectivity index (χ0) is 29.7. The van der Waals surface area contributed by atoms with Crippen molar-refractivity contribution in [3.8, 4) is 44.5 Å². The maximum atomic E-state index is 5.31. The Morgan fingerprint density at radius 2 is 0.778 bits per heavy atom. The minimum absolute atomic E-state index is 0.900. The van der Waals surface area contributed by atoms with Crippen LogP contribution in [0.15, 0.2) is 105 Å². The number of aromatic nitrogens is 4. The lowest BCUT2D eigenvalue weighted by atomic mass is 10.0. The maximum Gasteiger partial charge on any atom is 0.0738 e. The normalized spacial score (nSPS) is 12.3. The number of hydrogen-bond acceptors (Lipinski definition) is 5. The van der Waals surface area contributed by atoms with E-state index in [0.29, 0.717) is 0 Å². The number of fused-ring (bicyclic) bond motifs is 8. The van der Waals surface area contributed by atoms with Crippen LogP contribution in [0.4, 0.5) is 0 Å². The first-order valence-electron chi connectivity index (χ1n) is 14.6. The Morgan fingerprint density at radius 3 is 1.20 bits per heavy atom. The number of benzene rings is 1. The van der Waals surface area contributed by atoms with Gasteiger partial charge in [-0.05, 0) is 121 Å². The molecule has 8 bridgehead atoms. The first-order chi connectivity index (χ1) is 22.3. The van der Waals surface area contributed by atoms with Gasteiger partial charge >= 0.3 is 0 Å². The number of thiophene rings is 3. The standard InChI is InChI=1S/C38H24N4S3/c1-2-4-23(5-3-1)35-27-6-8-29(39-27)36(24-14-17-43-20-24)31-10-12-33(41-31)38(26-16-19-45-22-26)34-13-11-32(42-34)37(25-15-18-44-21-25)30-9-7-28(35)40-30/h1-22,41-42H. The molecule has 6 aromatic heterocycles. The zero-order valence-electron chi connectivity index (χ0n) is 23.8. The molecule has 7 heteroatoms. The first kappa shape index (κ1) is 26.3. The molecule has 0 radical (unpaired) electrons. The van der Waals surface area contributed by atoms with E-state index < -0.39 is 0 Å². The molecule has 0 unspecified atom stereocenters. The third-order valence-corrected chi connectivity index (χ3v) is 10.3. The summed E-state index contributed by atoms with van der Waals surface area (Å²) < 4.78 is 0.